The summed E-state index contributed by atoms with van der Waals surface area (Å²) in [7, 11) is 0. The van der Waals surface area contributed by atoms with Crippen molar-refractivity contribution in [3.8, 4) is 0 Å². The Hall–Kier alpha value is -1.14. The molecule has 0 amide bonds. The van der Waals surface area contributed by atoms with Gasteiger partial charge in [0.25, 0.3) is 0 Å². The molecule has 0 spiro atoms. The van der Waals surface area contributed by atoms with Gasteiger partial charge in [-0.1, -0.05) is 155 Å². The third-order valence-corrected chi connectivity index (χ3v) is 21.0. The molecule has 0 aromatic carbocycles. The predicted molar refractivity (Wildman–Crippen MR) is 277 cm³/mol. The molecule has 8 unspecified atom stereocenters. The highest BCUT2D eigenvalue weighted by Crippen LogP contribution is 2.56. The van der Waals surface area contributed by atoms with E-state index < -0.39 is 0 Å². The van der Waals surface area contributed by atoms with Crippen LogP contribution < -0.4 is 0 Å². The van der Waals surface area contributed by atoms with Crippen molar-refractivity contribution in [1.82, 2.24) is 0 Å². The van der Waals surface area contributed by atoms with Crippen LogP contribution in [0.4, 0.5) is 0 Å². The summed E-state index contributed by atoms with van der Waals surface area (Å²) in [6.07, 6.45) is 50.7. The van der Waals surface area contributed by atoms with Crippen LogP contribution in [-0.2, 0) is 28.5 Å². The quantitative estimate of drug-likeness (QED) is 0.0751. The summed E-state index contributed by atoms with van der Waals surface area (Å²) in [4.78, 5) is 28.6. The zero-order valence-corrected chi connectivity index (χ0v) is 44.4. The summed E-state index contributed by atoms with van der Waals surface area (Å²) < 4.78 is 26.8. The second-order valence-electron chi connectivity index (χ2n) is 25.4. The molecule has 8 aliphatic carbocycles. The summed E-state index contributed by atoms with van der Waals surface area (Å²) >= 11 is 0. The van der Waals surface area contributed by atoms with E-state index in [1.165, 1.54) is 193 Å². The molecule has 0 bridgehead atoms. The first-order valence-corrected chi connectivity index (χ1v) is 31.1. The van der Waals surface area contributed by atoms with E-state index in [-0.39, 0.29) is 36.0 Å². The average Bonchev–Trinajstić information content (AvgIpc) is 3.38. The highest BCUT2D eigenvalue weighted by atomic mass is 16.6. The van der Waals surface area contributed by atoms with Gasteiger partial charge in [0.05, 0.1) is 24.0 Å². The van der Waals surface area contributed by atoms with E-state index in [9.17, 15) is 9.59 Å². The number of fused-ring (bicyclic) bond motifs is 2. The molecule has 68 heavy (non-hydrogen) atoms. The van der Waals surface area contributed by atoms with Crippen molar-refractivity contribution in [2.75, 3.05) is 13.2 Å². The van der Waals surface area contributed by atoms with Gasteiger partial charge in [0.2, 0.25) is 0 Å². The summed E-state index contributed by atoms with van der Waals surface area (Å²) in [6.45, 7) is 6.40. The van der Waals surface area contributed by atoms with Crippen molar-refractivity contribution in [3.05, 3.63) is 0 Å². The Kier molecular flexibility index (Phi) is 22.2. The Morgan fingerprint density at radius 3 is 1.09 bits per heavy atom. The van der Waals surface area contributed by atoms with Crippen molar-refractivity contribution in [1.29, 1.82) is 0 Å². The summed E-state index contributed by atoms with van der Waals surface area (Å²) in [5, 5.41) is 0. The summed E-state index contributed by atoms with van der Waals surface area (Å²) in [5.74, 6) is 7.21. The molecule has 8 rings (SSSR count). The molecular weight excluding hydrogens is 841 g/mol. The lowest BCUT2D eigenvalue weighted by Crippen LogP contribution is -2.54. The molecule has 0 aromatic heterocycles. The Morgan fingerprint density at radius 2 is 0.721 bits per heavy atom. The number of carbonyl (C=O) groups is 2. The van der Waals surface area contributed by atoms with Crippen molar-refractivity contribution in [3.63, 3.8) is 0 Å². The van der Waals surface area contributed by atoms with Gasteiger partial charge in [-0.05, 0) is 163 Å². The second-order valence-corrected chi connectivity index (χ2v) is 25.4. The first-order chi connectivity index (χ1) is 33.4. The molecule has 0 radical (unpaired) electrons. The lowest BCUT2D eigenvalue weighted by Gasteiger charge is -2.55. The molecule has 0 aromatic rings. The standard InChI is InChI=1S/C62H106O6/c1-3-5-7-15-45-23-27-47(28-24-45)17-13-43-65-53-37-31-51(32-38-53)61(63)67-57-41-35-49-19-9-11-21-55(49)59(57)60-56-22-12-10-20-50(56)36-42-58(60)68-62(64)52-33-39-54(40-34-52)66-44-14-18-48-29-25-46(26-30-48)16-8-6-4-2/h45-60H,3-44H2,1-2H3. The van der Waals surface area contributed by atoms with Crippen LogP contribution >= 0.6 is 0 Å². The maximum Gasteiger partial charge on any atom is 0.309 e. The Labute approximate surface area is 418 Å². The minimum absolute atomic E-state index is 0.00136. The van der Waals surface area contributed by atoms with Gasteiger partial charge >= 0.3 is 11.9 Å². The maximum absolute atomic E-state index is 14.3. The number of carbonyl (C=O) groups excluding carboxylic acids is 2. The van der Waals surface area contributed by atoms with E-state index in [4.69, 9.17) is 18.9 Å². The number of rotatable bonds is 23. The lowest BCUT2D eigenvalue weighted by molar-refractivity contribution is -0.188. The van der Waals surface area contributed by atoms with Crippen LogP contribution in [-0.4, -0.2) is 49.6 Å². The van der Waals surface area contributed by atoms with Gasteiger partial charge in [-0.25, -0.2) is 0 Å². The largest absolute Gasteiger partial charge is 0.462 e. The van der Waals surface area contributed by atoms with Crippen molar-refractivity contribution < 1.29 is 28.5 Å². The van der Waals surface area contributed by atoms with Gasteiger partial charge in [0.1, 0.15) is 12.2 Å². The number of esters is 2. The molecule has 6 heteroatoms. The molecule has 0 aliphatic heterocycles. The normalized spacial score (nSPS) is 39.0. The van der Waals surface area contributed by atoms with Crippen LogP contribution in [0.15, 0.2) is 0 Å². The number of unbranched alkanes of at least 4 members (excludes halogenated alkanes) is 4. The molecular formula is C62H106O6. The van der Waals surface area contributed by atoms with Gasteiger partial charge in [-0.2, -0.15) is 0 Å². The van der Waals surface area contributed by atoms with Crippen LogP contribution in [0.1, 0.15) is 271 Å². The molecule has 0 heterocycles. The first kappa shape index (κ1) is 53.2. The van der Waals surface area contributed by atoms with Crippen molar-refractivity contribution in [2.45, 2.75) is 295 Å². The second kappa shape index (κ2) is 28.3. The van der Waals surface area contributed by atoms with Crippen LogP contribution in [0.2, 0.25) is 0 Å². The van der Waals surface area contributed by atoms with Crippen LogP contribution in [0.5, 0.6) is 0 Å². The van der Waals surface area contributed by atoms with Crippen LogP contribution in [0.25, 0.3) is 0 Å². The van der Waals surface area contributed by atoms with E-state index >= 15 is 0 Å². The van der Waals surface area contributed by atoms with Crippen LogP contribution in [0, 0.1) is 71.0 Å². The van der Waals surface area contributed by atoms with Gasteiger partial charge in [0.15, 0.2) is 0 Å². The molecule has 8 saturated carbocycles. The van der Waals surface area contributed by atoms with Gasteiger partial charge in [-0.3, -0.25) is 9.59 Å². The van der Waals surface area contributed by atoms with Gasteiger partial charge < -0.3 is 18.9 Å². The summed E-state index contributed by atoms with van der Waals surface area (Å²) in [5.41, 5.74) is 0. The monoisotopic (exact) mass is 947 g/mol. The van der Waals surface area contributed by atoms with E-state index in [2.05, 4.69) is 13.8 Å². The molecule has 390 valence electrons. The number of ether oxygens (including phenoxy) is 4. The fraction of sp³-hybridized carbons (Fsp3) is 0.968. The molecule has 0 saturated heterocycles. The molecule has 8 aliphatic rings. The third kappa shape index (κ3) is 15.4. The topological polar surface area (TPSA) is 71.1 Å². The Bertz CT molecular complexity index is 1310. The highest BCUT2D eigenvalue weighted by Gasteiger charge is 2.54. The number of hydrogen-bond acceptors (Lipinski definition) is 6. The van der Waals surface area contributed by atoms with Gasteiger partial charge in [0, 0.05) is 25.0 Å². The SMILES string of the molecule is CCCCCC1CCC(CCCOC2CCC(C(=O)OC3CCC4CCCCC4C3C3C(OC(=O)C4CCC(OCCCC5CCC(CCCCC)CC5)CC4)CCC4CCCCC43)CC2)CC1. The zero-order valence-electron chi connectivity index (χ0n) is 44.4. The fourth-order valence-corrected chi connectivity index (χ4v) is 16.9. The lowest BCUT2D eigenvalue weighted by atomic mass is 9.53. The van der Waals surface area contributed by atoms with E-state index in [1.54, 1.807) is 0 Å². The minimum Gasteiger partial charge on any atom is -0.462 e. The van der Waals surface area contributed by atoms with E-state index in [0.29, 0.717) is 35.9 Å². The van der Waals surface area contributed by atoms with Crippen molar-refractivity contribution >= 4 is 11.9 Å². The highest BCUT2D eigenvalue weighted by molar-refractivity contribution is 5.73. The van der Waals surface area contributed by atoms with E-state index in [0.717, 1.165) is 113 Å². The van der Waals surface area contributed by atoms with Gasteiger partial charge in [-0.15, -0.1) is 0 Å². The smallest absolute Gasteiger partial charge is 0.309 e. The molecule has 8 atom stereocenters. The predicted octanol–water partition coefficient (Wildman–Crippen LogP) is 16.7. The fourth-order valence-electron chi connectivity index (χ4n) is 16.9. The van der Waals surface area contributed by atoms with E-state index in [1.807, 2.05) is 0 Å². The van der Waals surface area contributed by atoms with Crippen LogP contribution in [0.3, 0.4) is 0 Å². The minimum atomic E-state index is -0.0349. The number of hydrogen-bond donors (Lipinski definition) is 0. The maximum atomic E-state index is 14.3. The molecule has 6 nitrogen and oxygen atoms in total. The molecule has 8 fully saturated rings. The third-order valence-electron chi connectivity index (χ3n) is 21.0. The summed E-state index contributed by atoms with van der Waals surface area (Å²) in [6, 6.07) is 0. The zero-order chi connectivity index (χ0) is 46.9. The molecule has 0 N–H and O–H groups in total. The average molecular weight is 948 g/mol. The Balaban J connectivity index is 0.793. The Morgan fingerprint density at radius 1 is 0.368 bits per heavy atom. The first-order valence-electron chi connectivity index (χ1n) is 31.1. The van der Waals surface area contributed by atoms with Crippen molar-refractivity contribution in [2.24, 2.45) is 71.0 Å².